The molecular formula is C15H25N3O3S. The molecule has 0 radical (unpaired) electrons. The van der Waals surface area contributed by atoms with Gasteiger partial charge >= 0.3 is 0 Å². The van der Waals surface area contributed by atoms with Gasteiger partial charge in [-0.3, -0.25) is 9.79 Å². The van der Waals surface area contributed by atoms with Gasteiger partial charge in [0, 0.05) is 25.4 Å². The zero-order valence-electron chi connectivity index (χ0n) is 13.3. The number of carbonyl (C=O) groups excluding carboxylic acids is 1. The smallest absolute Gasteiger partial charge is 0.253 e. The summed E-state index contributed by atoms with van der Waals surface area (Å²) in [6, 6.07) is 0. The third kappa shape index (κ3) is 2.38. The molecule has 2 fully saturated rings. The summed E-state index contributed by atoms with van der Waals surface area (Å²) in [5, 5.41) is 2.88. The average molecular weight is 327 g/mol. The molecule has 1 amide bonds. The summed E-state index contributed by atoms with van der Waals surface area (Å²) in [5.74, 6) is 1.24. The molecule has 124 valence electrons. The van der Waals surface area contributed by atoms with E-state index in [-0.39, 0.29) is 23.5 Å². The molecule has 1 N–H and O–H groups in total. The maximum absolute atomic E-state index is 12.4. The SMILES string of the molecule is CCCCS(=O)(=O)N1C[C@@H]2CC[C@]3(N=C(CC)NC3=O)[C@@H]2C1. The normalized spacial score (nSPS) is 35.0. The predicted molar refractivity (Wildman–Crippen MR) is 85.1 cm³/mol. The Balaban J connectivity index is 1.80. The van der Waals surface area contributed by atoms with Crippen LogP contribution < -0.4 is 5.32 Å². The van der Waals surface area contributed by atoms with Crippen molar-refractivity contribution in [2.24, 2.45) is 16.8 Å². The van der Waals surface area contributed by atoms with Crippen LogP contribution >= 0.6 is 0 Å². The highest BCUT2D eigenvalue weighted by Crippen LogP contribution is 2.49. The van der Waals surface area contributed by atoms with Crippen molar-refractivity contribution in [3.63, 3.8) is 0 Å². The Morgan fingerprint density at radius 1 is 1.36 bits per heavy atom. The highest BCUT2D eigenvalue weighted by molar-refractivity contribution is 7.89. The van der Waals surface area contributed by atoms with Gasteiger partial charge < -0.3 is 5.32 Å². The molecule has 0 bridgehead atoms. The molecule has 6 nitrogen and oxygen atoms in total. The summed E-state index contributed by atoms with van der Waals surface area (Å²) in [6.07, 6.45) is 3.91. The van der Waals surface area contributed by atoms with Crippen molar-refractivity contribution in [2.75, 3.05) is 18.8 Å². The van der Waals surface area contributed by atoms with Crippen LogP contribution in [0.3, 0.4) is 0 Å². The number of hydrogen-bond donors (Lipinski definition) is 1. The number of nitrogens with one attached hydrogen (secondary N) is 1. The molecule has 1 saturated carbocycles. The molecule has 3 rings (SSSR count). The first-order chi connectivity index (χ1) is 10.4. The second-order valence-corrected chi connectivity index (χ2v) is 8.77. The fraction of sp³-hybridized carbons (Fsp3) is 0.867. The van der Waals surface area contributed by atoms with Gasteiger partial charge in [0.1, 0.15) is 11.4 Å². The van der Waals surface area contributed by atoms with Crippen molar-refractivity contribution in [1.29, 1.82) is 0 Å². The standard InChI is InChI=1S/C15H25N3O3S/c1-3-5-8-22(20,21)18-9-11-6-7-15(12(11)10-18)14(19)16-13(4-2)17-15/h11-12H,3-10H2,1-2H3,(H,16,17,19)/t11-,12+,15-/m0/s1. The van der Waals surface area contributed by atoms with Gasteiger partial charge in [0.05, 0.1) is 5.75 Å². The third-order valence-corrected chi connectivity index (χ3v) is 7.28. The van der Waals surface area contributed by atoms with Gasteiger partial charge in [0.25, 0.3) is 5.91 Å². The van der Waals surface area contributed by atoms with Gasteiger partial charge in [-0.1, -0.05) is 20.3 Å². The number of carbonyl (C=O) groups is 1. The number of amides is 1. The Morgan fingerprint density at radius 2 is 2.14 bits per heavy atom. The Bertz CT molecular complexity index is 601. The zero-order chi connectivity index (χ0) is 16.0. The zero-order valence-corrected chi connectivity index (χ0v) is 14.2. The quantitative estimate of drug-likeness (QED) is 0.822. The number of fused-ring (bicyclic) bond motifs is 2. The lowest BCUT2D eigenvalue weighted by Crippen LogP contribution is -2.45. The molecule has 2 heterocycles. The minimum atomic E-state index is -3.19. The number of sulfonamides is 1. The maximum Gasteiger partial charge on any atom is 0.253 e. The van der Waals surface area contributed by atoms with E-state index in [1.54, 1.807) is 4.31 Å². The molecule has 7 heteroatoms. The van der Waals surface area contributed by atoms with Gasteiger partial charge in [-0.05, 0) is 25.2 Å². The molecule has 1 saturated heterocycles. The van der Waals surface area contributed by atoms with E-state index in [1.807, 2.05) is 13.8 Å². The summed E-state index contributed by atoms with van der Waals surface area (Å²) < 4.78 is 26.4. The molecule has 2 aliphatic heterocycles. The van der Waals surface area contributed by atoms with Gasteiger partial charge in [-0.15, -0.1) is 0 Å². The van der Waals surface area contributed by atoms with Crippen LogP contribution in [0, 0.1) is 11.8 Å². The molecule has 1 spiro atoms. The highest BCUT2D eigenvalue weighted by atomic mass is 32.2. The molecule has 0 aromatic rings. The summed E-state index contributed by atoms with van der Waals surface area (Å²) in [4.78, 5) is 17.1. The molecule has 1 aliphatic carbocycles. The lowest BCUT2D eigenvalue weighted by atomic mass is 9.85. The minimum Gasteiger partial charge on any atom is -0.312 e. The van der Waals surface area contributed by atoms with E-state index in [0.29, 0.717) is 25.9 Å². The van der Waals surface area contributed by atoms with Crippen molar-refractivity contribution in [1.82, 2.24) is 9.62 Å². The monoisotopic (exact) mass is 327 g/mol. The van der Waals surface area contributed by atoms with E-state index in [1.165, 1.54) is 0 Å². The summed E-state index contributed by atoms with van der Waals surface area (Å²) >= 11 is 0. The largest absolute Gasteiger partial charge is 0.312 e. The molecule has 22 heavy (non-hydrogen) atoms. The predicted octanol–water partition coefficient (Wildman–Crippen LogP) is 1.14. The van der Waals surface area contributed by atoms with Crippen LogP contribution in [0.15, 0.2) is 4.99 Å². The summed E-state index contributed by atoms with van der Waals surface area (Å²) in [6.45, 7) is 4.97. The molecule has 0 aromatic carbocycles. The van der Waals surface area contributed by atoms with E-state index in [9.17, 15) is 13.2 Å². The lowest BCUT2D eigenvalue weighted by molar-refractivity contribution is -0.124. The van der Waals surface area contributed by atoms with E-state index in [2.05, 4.69) is 10.3 Å². The first-order valence-electron chi connectivity index (χ1n) is 8.31. The lowest BCUT2D eigenvalue weighted by Gasteiger charge is -2.25. The van der Waals surface area contributed by atoms with Gasteiger partial charge in [0.15, 0.2) is 0 Å². The number of aliphatic imine (C=N–C) groups is 1. The van der Waals surface area contributed by atoms with Crippen molar-refractivity contribution in [3.05, 3.63) is 0 Å². The van der Waals surface area contributed by atoms with Crippen LogP contribution in [0.4, 0.5) is 0 Å². The number of nitrogens with zero attached hydrogens (tertiary/aromatic N) is 2. The summed E-state index contributed by atoms with van der Waals surface area (Å²) in [7, 11) is -3.19. The first kappa shape index (κ1) is 15.9. The van der Waals surface area contributed by atoms with E-state index < -0.39 is 15.6 Å². The van der Waals surface area contributed by atoms with Crippen LogP contribution in [0.2, 0.25) is 0 Å². The Morgan fingerprint density at radius 3 is 2.77 bits per heavy atom. The maximum atomic E-state index is 12.4. The van der Waals surface area contributed by atoms with E-state index >= 15 is 0 Å². The number of amidine groups is 1. The topological polar surface area (TPSA) is 78.8 Å². The van der Waals surface area contributed by atoms with Crippen LogP contribution in [-0.2, 0) is 14.8 Å². The second-order valence-electron chi connectivity index (χ2n) is 6.68. The highest BCUT2D eigenvalue weighted by Gasteiger charge is 2.60. The van der Waals surface area contributed by atoms with Crippen LogP contribution in [0.5, 0.6) is 0 Å². The van der Waals surface area contributed by atoms with E-state index in [0.717, 1.165) is 25.1 Å². The number of unbranched alkanes of at least 4 members (excludes halogenated alkanes) is 1. The van der Waals surface area contributed by atoms with Gasteiger partial charge in [-0.25, -0.2) is 12.7 Å². The van der Waals surface area contributed by atoms with Crippen molar-refractivity contribution >= 4 is 21.8 Å². The number of hydrogen-bond acceptors (Lipinski definition) is 4. The van der Waals surface area contributed by atoms with Crippen LogP contribution in [0.25, 0.3) is 0 Å². The van der Waals surface area contributed by atoms with Gasteiger partial charge in [0.2, 0.25) is 10.0 Å². The van der Waals surface area contributed by atoms with Crippen LogP contribution in [0.1, 0.15) is 46.0 Å². The van der Waals surface area contributed by atoms with Gasteiger partial charge in [-0.2, -0.15) is 0 Å². The first-order valence-corrected chi connectivity index (χ1v) is 9.92. The fourth-order valence-corrected chi connectivity index (χ4v) is 5.80. The third-order valence-electron chi connectivity index (χ3n) is 5.39. The van der Waals surface area contributed by atoms with E-state index in [4.69, 9.17) is 0 Å². The fourth-order valence-electron chi connectivity index (χ4n) is 4.09. The van der Waals surface area contributed by atoms with Crippen molar-refractivity contribution < 1.29 is 13.2 Å². The number of rotatable bonds is 5. The molecule has 3 aliphatic rings. The molecule has 3 atom stereocenters. The second kappa shape index (κ2) is 5.60. The molecule has 0 aromatic heterocycles. The average Bonchev–Trinajstić information content (AvgIpc) is 3.13. The minimum absolute atomic E-state index is 0.0235. The molecular weight excluding hydrogens is 302 g/mol. The Labute approximate surface area is 132 Å². The molecule has 0 unspecified atom stereocenters. The summed E-state index contributed by atoms with van der Waals surface area (Å²) in [5.41, 5.74) is -0.703. The van der Waals surface area contributed by atoms with Crippen LogP contribution in [-0.4, -0.2) is 48.8 Å². The Hall–Kier alpha value is -0.950. The van der Waals surface area contributed by atoms with Crippen molar-refractivity contribution in [3.8, 4) is 0 Å². The van der Waals surface area contributed by atoms with Crippen molar-refractivity contribution in [2.45, 2.75) is 51.5 Å². The Kier molecular flexibility index (Phi) is 4.05.